The van der Waals surface area contributed by atoms with Crippen molar-refractivity contribution in [3.8, 4) is 0 Å². The van der Waals surface area contributed by atoms with E-state index in [4.69, 9.17) is 4.74 Å². The van der Waals surface area contributed by atoms with Gasteiger partial charge < -0.3 is 9.64 Å². The number of H-pyrrole nitrogens is 1. The monoisotopic (exact) mass is 329 g/mol. The largest absolute Gasteiger partial charge is 0.376 e. The lowest BCUT2D eigenvalue weighted by atomic mass is 10.1. The summed E-state index contributed by atoms with van der Waals surface area (Å²) in [7, 11) is 0. The number of rotatable bonds is 4. The zero-order chi connectivity index (χ0) is 13.8. The molecule has 2 heterocycles. The number of aryl methyl sites for hydroxylation is 1. The number of amides is 1. The van der Waals surface area contributed by atoms with E-state index in [1.54, 1.807) is 0 Å². The molecule has 5 nitrogen and oxygen atoms in total. The van der Waals surface area contributed by atoms with Crippen LogP contribution in [0, 0.1) is 6.92 Å². The van der Waals surface area contributed by atoms with Gasteiger partial charge >= 0.3 is 0 Å². The lowest BCUT2D eigenvalue weighted by molar-refractivity contribution is 0.00189. The first-order chi connectivity index (χ1) is 9.13. The molecule has 1 aliphatic heterocycles. The Morgan fingerprint density at radius 2 is 2.42 bits per heavy atom. The van der Waals surface area contributed by atoms with E-state index in [2.05, 4.69) is 33.1 Å². The number of ether oxygens (including phenoxy) is 1. The molecule has 6 heteroatoms. The number of nitrogens with one attached hydrogen (secondary N) is 1. The van der Waals surface area contributed by atoms with Crippen LogP contribution >= 0.6 is 15.9 Å². The summed E-state index contributed by atoms with van der Waals surface area (Å²) >= 11 is 3.40. The third-order valence-corrected chi connectivity index (χ3v) is 4.27. The van der Waals surface area contributed by atoms with E-state index in [1.807, 2.05) is 11.8 Å². The van der Waals surface area contributed by atoms with Gasteiger partial charge in [-0.15, -0.1) is 0 Å². The Morgan fingerprint density at radius 3 is 3.05 bits per heavy atom. The maximum Gasteiger partial charge on any atom is 0.275 e. The Kier molecular flexibility index (Phi) is 4.99. The van der Waals surface area contributed by atoms with Crippen molar-refractivity contribution in [2.45, 2.75) is 39.2 Å². The van der Waals surface area contributed by atoms with Gasteiger partial charge in [0.2, 0.25) is 0 Å². The molecule has 0 unspecified atom stereocenters. The van der Waals surface area contributed by atoms with Crippen LogP contribution < -0.4 is 0 Å². The highest BCUT2D eigenvalue weighted by Gasteiger charge is 2.27. The van der Waals surface area contributed by atoms with E-state index < -0.39 is 0 Å². The molecule has 1 fully saturated rings. The second-order valence-electron chi connectivity index (χ2n) is 4.90. The van der Waals surface area contributed by atoms with Gasteiger partial charge in [-0.05, 0) is 42.1 Å². The molecule has 0 bridgehead atoms. The van der Waals surface area contributed by atoms with Crippen molar-refractivity contribution >= 4 is 21.8 Å². The average molecular weight is 330 g/mol. The fraction of sp³-hybridized carbons (Fsp3) is 0.692. The molecular weight excluding hydrogens is 310 g/mol. The maximum atomic E-state index is 12.4. The predicted octanol–water partition coefficient (Wildman–Crippen LogP) is 2.51. The first kappa shape index (κ1) is 14.5. The highest BCUT2D eigenvalue weighted by Crippen LogP contribution is 2.22. The van der Waals surface area contributed by atoms with Crippen LogP contribution in [0.4, 0.5) is 0 Å². The van der Waals surface area contributed by atoms with E-state index in [1.165, 1.54) is 0 Å². The molecule has 19 heavy (non-hydrogen) atoms. The number of halogens is 1. The predicted molar refractivity (Wildman–Crippen MR) is 76.2 cm³/mol. The van der Waals surface area contributed by atoms with E-state index >= 15 is 0 Å². The molecule has 1 amide bonds. The highest BCUT2D eigenvalue weighted by molar-refractivity contribution is 9.10. The number of carbonyl (C=O) groups excluding carboxylic acids is 1. The number of piperidine rings is 1. The van der Waals surface area contributed by atoms with Gasteiger partial charge in [0.1, 0.15) is 0 Å². The second kappa shape index (κ2) is 6.52. The number of nitrogens with zero attached hydrogens (tertiary/aromatic N) is 2. The molecule has 1 aliphatic rings. The first-order valence-corrected chi connectivity index (χ1v) is 7.54. The van der Waals surface area contributed by atoms with Crippen LogP contribution in [-0.2, 0) is 4.74 Å². The summed E-state index contributed by atoms with van der Waals surface area (Å²) < 4.78 is 6.51. The summed E-state index contributed by atoms with van der Waals surface area (Å²) in [6.07, 6.45) is 3.19. The van der Waals surface area contributed by atoms with Crippen molar-refractivity contribution in [1.82, 2.24) is 15.1 Å². The fourth-order valence-corrected chi connectivity index (χ4v) is 2.60. The Bertz CT molecular complexity index is 447. The number of hydrogen-bond acceptors (Lipinski definition) is 3. The number of carbonyl (C=O) groups is 1. The van der Waals surface area contributed by atoms with Crippen LogP contribution in [0.5, 0.6) is 0 Å². The van der Waals surface area contributed by atoms with Crippen molar-refractivity contribution in [3.05, 3.63) is 15.9 Å². The lowest BCUT2D eigenvalue weighted by Crippen LogP contribution is -2.43. The molecule has 0 saturated carbocycles. The molecule has 1 atom stereocenters. The van der Waals surface area contributed by atoms with Crippen LogP contribution in [0.1, 0.15) is 42.4 Å². The van der Waals surface area contributed by atoms with Gasteiger partial charge in [0.25, 0.3) is 5.91 Å². The smallest absolute Gasteiger partial charge is 0.275 e. The van der Waals surface area contributed by atoms with Crippen molar-refractivity contribution < 1.29 is 9.53 Å². The number of hydrogen-bond donors (Lipinski definition) is 1. The molecule has 1 aromatic rings. The third-order valence-electron chi connectivity index (χ3n) is 3.30. The Morgan fingerprint density at radius 1 is 1.63 bits per heavy atom. The van der Waals surface area contributed by atoms with Crippen molar-refractivity contribution in [1.29, 1.82) is 0 Å². The second-order valence-corrected chi connectivity index (χ2v) is 5.69. The van der Waals surface area contributed by atoms with Gasteiger partial charge in [-0.2, -0.15) is 5.10 Å². The van der Waals surface area contributed by atoms with Gasteiger partial charge in [-0.25, -0.2) is 0 Å². The number of aromatic nitrogens is 2. The zero-order valence-corrected chi connectivity index (χ0v) is 13.0. The first-order valence-electron chi connectivity index (χ1n) is 6.74. The SMILES string of the molecule is CCCO[C@@H]1CCCN(C(=O)c2n[nH]c(C)c2Br)C1. The van der Waals surface area contributed by atoms with E-state index in [9.17, 15) is 4.79 Å². The van der Waals surface area contributed by atoms with E-state index in [0.717, 1.165) is 42.6 Å². The maximum absolute atomic E-state index is 12.4. The summed E-state index contributed by atoms with van der Waals surface area (Å²) in [6.45, 7) is 6.19. The van der Waals surface area contributed by atoms with Crippen LogP contribution in [0.25, 0.3) is 0 Å². The number of aromatic amines is 1. The summed E-state index contributed by atoms with van der Waals surface area (Å²) in [6, 6.07) is 0. The van der Waals surface area contributed by atoms with Crippen molar-refractivity contribution in [2.24, 2.45) is 0 Å². The minimum Gasteiger partial charge on any atom is -0.376 e. The van der Waals surface area contributed by atoms with Gasteiger partial charge in [0.15, 0.2) is 5.69 Å². The van der Waals surface area contributed by atoms with Crippen LogP contribution in [-0.4, -0.2) is 46.8 Å². The molecule has 1 aromatic heterocycles. The Labute approximate surface area is 121 Å². The summed E-state index contributed by atoms with van der Waals surface area (Å²) in [5.74, 6) is -0.0268. The fourth-order valence-electron chi connectivity index (χ4n) is 2.25. The van der Waals surface area contributed by atoms with Gasteiger partial charge in [-0.3, -0.25) is 9.89 Å². The van der Waals surface area contributed by atoms with Gasteiger partial charge in [0.05, 0.1) is 10.6 Å². The lowest BCUT2D eigenvalue weighted by Gasteiger charge is -2.32. The number of likely N-dealkylation sites (tertiary alicyclic amines) is 1. The van der Waals surface area contributed by atoms with Gasteiger partial charge in [-0.1, -0.05) is 6.92 Å². The minimum absolute atomic E-state index is 0.0268. The van der Waals surface area contributed by atoms with Crippen LogP contribution in [0.3, 0.4) is 0 Å². The summed E-state index contributed by atoms with van der Waals surface area (Å²) in [5.41, 5.74) is 1.34. The molecule has 1 N–H and O–H groups in total. The van der Waals surface area contributed by atoms with Gasteiger partial charge in [0, 0.05) is 25.4 Å². The van der Waals surface area contributed by atoms with Crippen molar-refractivity contribution in [3.63, 3.8) is 0 Å². The third kappa shape index (κ3) is 3.36. The van der Waals surface area contributed by atoms with Crippen molar-refractivity contribution in [2.75, 3.05) is 19.7 Å². The highest BCUT2D eigenvalue weighted by atomic mass is 79.9. The molecule has 0 aromatic carbocycles. The Balaban J connectivity index is 2.01. The molecule has 0 spiro atoms. The van der Waals surface area contributed by atoms with Crippen LogP contribution in [0.15, 0.2) is 4.47 Å². The standard InChI is InChI=1S/C13H20BrN3O2/c1-3-7-19-10-5-4-6-17(8-10)13(18)12-11(14)9(2)15-16-12/h10H,3-8H2,1-2H3,(H,15,16)/t10-/m1/s1. The summed E-state index contributed by atoms with van der Waals surface area (Å²) in [4.78, 5) is 14.2. The molecule has 0 radical (unpaired) electrons. The summed E-state index contributed by atoms with van der Waals surface area (Å²) in [5, 5.41) is 6.90. The molecule has 106 valence electrons. The normalized spacial score (nSPS) is 19.7. The molecular formula is C13H20BrN3O2. The Hall–Kier alpha value is -0.880. The zero-order valence-electron chi connectivity index (χ0n) is 11.4. The minimum atomic E-state index is -0.0268. The average Bonchev–Trinajstić information content (AvgIpc) is 2.76. The molecule has 2 rings (SSSR count). The molecule has 0 aliphatic carbocycles. The topological polar surface area (TPSA) is 58.2 Å². The van der Waals surface area contributed by atoms with E-state index in [0.29, 0.717) is 12.2 Å². The van der Waals surface area contributed by atoms with E-state index in [-0.39, 0.29) is 12.0 Å². The quantitative estimate of drug-likeness (QED) is 0.923. The molecule has 1 saturated heterocycles. The van der Waals surface area contributed by atoms with Crippen LogP contribution in [0.2, 0.25) is 0 Å².